The van der Waals surface area contributed by atoms with E-state index >= 15 is 0 Å². The average molecular weight is 325 g/mol. The molecule has 1 heterocycles. The molecular weight excluding hydrogens is 308 g/mol. The van der Waals surface area contributed by atoms with E-state index in [-0.39, 0.29) is 11.9 Å². The molecule has 102 valence electrons. The molecule has 4 nitrogen and oxygen atoms in total. The minimum absolute atomic E-state index is 0.116. The molecule has 1 N–H and O–H groups in total. The van der Waals surface area contributed by atoms with Gasteiger partial charge >= 0.3 is 6.03 Å². The number of benzene rings is 1. The first-order valence-electron chi connectivity index (χ1n) is 6.48. The largest absolute Gasteiger partial charge is 0.325 e. The topological polar surface area (TPSA) is 49.4 Å². The summed E-state index contributed by atoms with van der Waals surface area (Å²) in [6, 6.07) is 7.04. The third kappa shape index (κ3) is 3.15. The zero-order valence-electron chi connectivity index (χ0n) is 10.9. The third-order valence-electron chi connectivity index (χ3n) is 3.22. The van der Waals surface area contributed by atoms with Crippen LogP contribution in [0.1, 0.15) is 25.3 Å². The lowest BCUT2D eigenvalue weighted by molar-refractivity contribution is -0.127. The van der Waals surface area contributed by atoms with E-state index in [0.717, 1.165) is 22.9 Å². The van der Waals surface area contributed by atoms with Crippen LogP contribution >= 0.6 is 15.9 Å². The monoisotopic (exact) mass is 324 g/mol. The number of carbonyl (C=O) groups excluding carboxylic acids is 2. The van der Waals surface area contributed by atoms with Gasteiger partial charge in [-0.2, -0.15) is 0 Å². The van der Waals surface area contributed by atoms with Gasteiger partial charge in [0, 0.05) is 17.4 Å². The lowest BCUT2D eigenvalue weighted by Crippen LogP contribution is -2.33. The molecule has 19 heavy (non-hydrogen) atoms. The number of hydrogen-bond donors (Lipinski definition) is 1. The van der Waals surface area contributed by atoms with E-state index in [9.17, 15) is 9.59 Å². The summed E-state index contributed by atoms with van der Waals surface area (Å²) in [6.07, 6.45) is 2.33. The third-order valence-corrected chi connectivity index (χ3v) is 4.00. The number of carbonyl (C=O) groups is 2. The quantitative estimate of drug-likeness (QED) is 0.846. The minimum Gasteiger partial charge on any atom is -0.325 e. The zero-order valence-corrected chi connectivity index (χ0v) is 12.4. The summed E-state index contributed by atoms with van der Waals surface area (Å²) in [6.45, 7) is 2.55. The molecule has 0 bridgehead atoms. The Morgan fingerprint density at radius 2 is 2.05 bits per heavy atom. The second-order valence-corrected chi connectivity index (χ2v) is 5.50. The maximum atomic E-state index is 12.2. The predicted molar refractivity (Wildman–Crippen MR) is 76.8 cm³/mol. The highest BCUT2D eigenvalue weighted by Gasteiger charge is 2.37. The Hall–Kier alpha value is -1.36. The van der Waals surface area contributed by atoms with Crippen LogP contribution in [-0.2, 0) is 11.2 Å². The molecular formula is C14H17BrN2O2. The van der Waals surface area contributed by atoms with Crippen LogP contribution in [0, 0.1) is 0 Å². The fourth-order valence-corrected chi connectivity index (χ4v) is 2.57. The van der Waals surface area contributed by atoms with Gasteiger partial charge in [-0.25, -0.2) is 4.79 Å². The van der Waals surface area contributed by atoms with Gasteiger partial charge in [-0.05, 0) is 18.1 Å². The number of unbranched alkanes of at least 4 members (excludes halogenated alkanes) is 1. The van der Waals surface area contributed by atoms with E-state index in [1.54, 1.807) is 0 Å². The van der Waals surface area contributed by atoms with E-state index < -0.39 is 6.04 Å². The number of nitrogens with one attached hydrogen (secondary N) is 1. The molecule has 1 unspecified atom stereocenters. The molecule has 3 amide bonds. The fraction of sp³-hybridized carbons (Fsp3) is 0.429. The number of urea groups is 1. The standard InChI is InChI=1S/C14H17BrN2O2/c1-2-3-8-17-13(18)12(16-14(17)19)9-10-6-4-5-7-11(10)15/h4-7,12H,2-3,8-9H2,1H3,(H,16,19). The van der Waals surface area contributed by atoms with Gasteiger partial charge in [0.2, 0.25) is 0 Å². The molecule has 0 saturated carbocycles. The van der Waals surface area contributed by atoms with Gasteiger partial charge in [0.05, 0.1) is 0 Å². The van der Waals surface area contributed by atoms with Gasteiger partial charge in [0.25, 0.3) is 5.91 Å². The van der Waals surface area contributed by atoms with E-state index in [2.05, 4.69) is 21.2 Å². The Bertz CT molecular complexity index is 490. The van der Waals surface area contributed by atoms with E-state index in [1.807, 2.05) is 31.2 Å². The Morgan fingerprint density at radius 1 is 1.32 bits per heavy atom. The van der Waals surface area contributed by atoms with Crippen molar-refractivity contribution in [2.45, 2.75) is 32.2 Å². The first kappa shape index (κ1) is 14.1. The van der Waals surface area contributed by atoms with Gasteiger partial charge in [-0.3, -0.25) is 9.69 Å². The van der Waals surface area contributed by atoms with Gasteiger partial charge in [0.1, 0.15) is 6.04 Å². The molecule has 1 atom stereocenters. The maximum absolute atomic E-state index is 12.2. The molecule has 1 aromatic rings. The number of hydrogen-bond acceptors (Lipinski definition) is 2. The van der Waals surface area contributed by atoms with Crippen LogP contribution < -0.4 is 5.32 Å². The van der Waals surface area contributed by atoms with Crippen molar-refractivity contribution in [1.29, 1.82) is 0 Å². The maximum Gasteiger partial charge on any atom is 0.324 e. The molecule has 0 aromatic heterocycles. The van der Waals surface area contributed by atoms with Crippen molar-refractivity contribution in [1.82, 2.24) is 10.2 Å². The van der Waals surface area contributed by atoms with Crippen molar-refractivity contribution in [3.05, 3.63) is 34.3 Å². The summed E-state index contributed by atoms with van der Waals surface area (Å²) in [5, 5.41) is 2.75. The van der Waals surface area contributed by atoms with E-state index in [1.165, 1.54) is 4.90 Å². The van der Waals surface area contributed by atoms with Crippen molar-refractivity contribution >= 4 is 27.9 Å². The Balaban J connectivity index is 2.05. The summed E-state index contributed by atoms with van der Waals surface area (Å²) in [4.78, 5) is 25.2. The molecule has 1 aliphatic heterocycles. The summed E-state index contributed by atoms with van der Waals surface area (Å²) in [7, 11) is 0. The molecule has 1 fully saturated rings. The first-order chi connectivity index (χ1) is 9.13. The highest BCUT2D eigenvalue weighted by molar-refractivity contribution is 9.10. The van der Waals surface area contributed by atoms with Gasteiger partial charge in [-0.1, -0.05) is 47.5 Å². The average Bonchev–Trinajstić information content (AvgIpc) is 2.65. The smallest absolute Gasteiger partial charge is 0.324 e. The van der Waals surface area contributed by atoms with Crippen molar-refractivity contribution < 1.29 is 9.59 Å². The SMILES string of the molecule is CCCCN1C(=O)NC(Cc2ccccc2Br)C1=O. The molecule has 1 aliphatic rings. The van der Waals surface area contributed by atoms with Crippen molar-refractivity contribution in [2.24, 2.45) is 0 Å². The summed E-state index contributed by atoms with van der Waals surface area (Å²) in [5.74, 6) is -0.116. The van der Waals surface area contributed by atoms with Crippen LogP contribution in [0.15, 0.2) is 28.7 Å². The Morgan fingerprint density at radius 3 is 2.74 bits per heavy atom. The second kappa shape index (κ2) is 6.19. The summed E-state index contributed by atoms with van der Waals surface area (Å²) < 4.78 is 0.962. The van der Waals surface area contributed by atoms with E-state index in [4.69, 9.17) is 0 Å². The lowest BCUT2D eigenvalue weighted by atomic mass is 10.1. The molecule has 0 radical (unpaired) electrons. The first-order valence-corrected chi connectivity index (χ1v) is 7.28. The molecule has 0 spiro atoms. The molecule has 2 rings (SSSR count). The minimum atomic E-state index is -0.442. The van der Waals surface area contributed by atoms with Crippen LogP contribution in [0.4, 0.5) is 4.79 Å². The van der Waals surface area contributed by atoms with Crippen LogP contribution in [0.5, 0.6) is 0 Å². The fourth-order valence-electron chi connectivity index (χ4n) is 2.13. The highest BCUT2D eigenvalue weighted by Crippen LogP contribution is 2.20. The van der Waals surface area contributed by atoms with Gasteiger partial charge in [0.15, 0.2) is 0 Å². The van der Waals surface area contributed by atoms with Crippen LogP contribution in [0.25, 0.3) is 0 Å². The number of halogens is 1. The number of rotatable bonds is 5. The van der Waals surface area contributed by atoms with Crippen molar-refractivity contribution in [2.75, 3.05) is 6.54 Å². The number of nitrogens with zero attached hydrogens (tertiary/aromatic N) is 1. The Kier molecular flexibility index (Phi) is 4.58. The predicted octanol–water partition coefficient (Wildman–Crippen LogP) is 2.71. The summed E-state index contributed by atoms with van der Waals surface area (Å²) in [5.41, 5.74) is 1.03. The van der Waals surface area contributed by atoms with Crippen LogP contribution in [-0.4, -0.2) is 29.4 Å². The van der Waals surface area contributed by atoms with E-state index in [0.29, 0.717) is 13.0 Å². The van der Waals surface area contributed by atoms with Gasteiger partial charge < -0.3 is 5.32 Å². The normalized spacial score (nSPS) is 18.8. The second-order valence-electron chi connectivity index (χ2n) is 4.64. The zero-order chi connectivity index (χ0) is 13.8. The number of amides is 3. The molecule has 0 aliphatic carbocycles. The molecule has 1 saturated heterocycles. The molecule has 5 heteroatoms. The Labute approximate surface area is 121 Å². The van der Waals surface area contributed by atoms with Crippen molar-refractivity contribution in [3.63, 3.8) is 0 Å². The van der Waals surface area contributed by atoms with Crippen LogP contribution in [0.2, 0.25) is 0 Å². The van der Waals surface area contributed by atoms with Gasteiger partial charge in [-0.15, -0.1) is 0 Å². The summed E-state index contributed by atoms with van der Waals surface area (Å²) >= 11 is 3.46. The molecule has 1 aromatic carbocycles. The highest BCUT2D eigenvalue weighted by atomic mass is 79.9. The lowest BCUT2D eigenvalue weighted by Gasteiger charge is -2.12. The van der Waals surface area contributed by atoms with Crippen LogP contribution in [0.3, 0.4) is 0 Å². The van der Waals surface area contributed by atoms with Crippen molar-refractivity contribution in [3.8, 4) is 0 Å². The number of imide groups is 1.